The fourth-order valence-electron chi connectivity index (χ4n) is 2.90. The van der Waals surface area contributed by atoms with Crippen molar-refractivity contribution in [2.45, 2.75) is 25.9 Å². The average molecular weight is 367 g/mol. The van der Waals surface area contributed by atoms with Crippen LogP contribution in [0.4, 0.5) is 0 Å². The maximum atomic E-state index is 12.0. The topological polar surface area (TPSA) is 102 Å². The molecule has 0 unspecified atom stereocenters. The van der Waals surface area contributed by atoms with Crippen molar-refractivity contribution in [1.82, 2.24) is 14.3 Å². The van der Waals surface area contributed by atoms with Crippen LogP contribution in [0.2, 0.25) is 0 Å². The number of piperidine rings is 1. The molecule has 1 aromatic heterocycles. The predicted octanol–water partition coefficient (Wildman–Crippen LogP) is 1.12. The molecule has 2 heterocycles. The summed E-state index contributed by atoms with van der Waals surface area (Å²) in [4.78, 5) is 18.7. The second-order valence-corrected chi connectivity index (χ2v) is 7.94. The van der Waals surface area contributed by atoms with Crippen molar-refractivity contribution in [2.75, 3.05) is 26.0 Å². The lowest BCUT2D eigenvalue weighted by Crippen LogP contribution is -2.41. The van der Waals surface area contributed by atoms with Crippen LogP contribution in [0.1, 0.15) is 19.8 Å². The lowest BCUT2D eigenvalue weighted by Gasteiger charge is -2.30. The lowest BCUT2D eigenvalue weighted by atomic mass is 10.1. The number of rotatable bonds is 5. The molecule has 1 aliphatic heterocycles. The summed E-state index contributed by atoms with van der Waals surface area (Å²) in [5, 5.41) is 0.425. The molecule has 0 amide bonds. The van der Waals surface area contributed by atoms with Crippen LogP contribution in [0.5, 0.6) is 11.5 Å². The maximum absolute atomic E-state index is 12.0. The Labute approximate surface area is 145 Å². The highest BCUT2D eigenvalue weighted by atomic mass is 32.2. The van der Waals surface area contributed by atoms with Gasteiger partial charge in [-0.2, -0.15) is 0 Å². The van der Waals surface area contributed by atoms with Crippen LogP contribution in [0.15, 0.2) is 23.3 Å². The summed E-state index contributed by atoms with van der Waals surface area (Å²) < 4.78 is 36.3. The van der Waals surface area contributed by atoms with Crippen molar-refractivity contribution in [3.05, 3.63) is 28.8 Å². The number of hydrogen-bond donors (Lipinski definition) is 1. The summed E-state index contributed by atoms with van der Waals surface area (Å²) in [6.07, 6.45) is 3.59. The van der Waals surface area contributed by atoms with Crippen molar-refractivity contribution < 1.29 is 17.9 Å². The van der Waals surface area contributed by atoms with Gasteiger partial charge in [-0.25, -0.2) is 17.7 Å². The number of aromatic nitrogens is 2. The standard InChI is InChI=1S/C16H21N3O5S/c1-3-23-14-9-13-12(16(20)18-10-17-13)8-15(14)24-11-4-6-19(7-5-11)25(2,21)22/h8-11H,3-7H2,1-2H3,(H,17,18,20). The molecule has 0 radical (unpaired) electrons. The molecule has 1 saturated heterocycles. The van der Waals surface area contributed by atoms with Gasteiger partial charge in [-0.15, -0.1) is 0 Å². The van der Waals surface area contributed by atoms with Gasteiger partial charge in [0.2, 0.25) is 10.0 Å². The first-order chi connectivity index (χ1) is 11.9. The Morgan fingerprint density at radius 1 is 1.28 bits per heavy atom. The van der Waals surface area contributed by atoms with Gasteiger partial charge >= 0.3 is 0 Å². The van der Waals surface area contributed by atoms with Crippen molar-refractivity contribution >= 4 is 20.9 Å². The number of aromatic amines is 1. The van der Waals surface area contributed by atoms with Gasteiger partial charge in [-0.1, -0.05) is 0 Å². The van der Waals surface area contributed by atoms with Crippen LogP contribution in [0.3, 0.4) is 0 Å². The Morgan fingerprint density at radius 3 is 2.64 bits per heavy atom. The van der Waals surface area contributed by atoms with Crippen molar-refractivity contribution in [3.8, 4) is 11.5 Å². The number of fused-ring (bicyclic) bond motifs is 1. The zero-order valence-corrected chi connectivity index (χ0v) is 15.0. The number of hydrogen-bond acceptors (Lipinski definition) is 6. The Morgan fingerprint density at radius 2 is 2.00 bits per heavy atom. The van der Waals surface area contributed by atoms with E-state index in [4.69, 9.17) is 9.47 Å². The van der Waals surface area contributed by atoms with Gasteiger partial charge in [0.05, 0.1) is 30.1 Å². The summed E-state index contributed by atoms with van der Waals surface area (Å²) in [5.74, 6) is 1.00. The third kappa shape index (κ3) is 3.93. The van der Waals surface area contributed by atoms with Gasteiger partial charge < -0.3 is 14.5 Å². The quantitative estimate of drug-likeness (QED) is 0.850. The molecular weight excluding hydrogens is 346 g/mol. The third-order valence-corrected chi connectivity index (χ3v) is 5.47. The Kier molecular flexibility index (Phi) is 4.96. The highest BCUT2D eigenvalue weighted by Gasteiger charge is 2.26. The van der Waals surface area contributed by atoms with E-state index < -0.39 is 10.0 Å². The third-order valence-electron chi connectivity index (χ3n) is 4.17. The van der Waals surface area contributed by atoms with Gasteiger partial charge in [-0.05, 0) is 25.8 Å². The second-order valence-electron chi connectivity index (χ2n) is 5.96. The van der Waals surface area contributed by atoms with Gasteiger partial charge in [0.25, 0.3) is 5.56 Å². The first-order valence-electron chi connectivity index (χ1n) is 8.14. The lowest BCUT2D eigenvalue weighted by molar-refractivity contribution is 0.130. The first kappa shape index (κ1) is 17.7. The molecule has 1 aliphatic rings. The second kappa shape index (κ2) is 7.01. The molecule has 1 aromatic carbocycles. The number of benzene rings is 1. The van der Waals surface area contributed by atoms with Crippen LogP contribution in [-0.4, -0.2) is 54.7 Å². The molecule has 3 rings (SSSR count). The van der Waals surface area contributed by atoms with E-state index >= 15 is 0 Å². The molecular formula is C16H21N3O5S. The Hall–Kier alpha value is -2.13. The summed E-state index contributed by atoms with van der Waals surface area (Å²) in [6, 6.07) is 3.32. The predicted molar refractivity (Wildman–Crippen MR) is 93.6 cm³/mol. The van der Waals surface area contributed by atoms with Gasteiger partial charge in [0.15, 0.2) is 11.5 Å². The summed E-state index contributed by atoms with van der Waals surface area (Å²) >= 11 is 0. The number of ether oxygens (including phenoxy) is 2. The molecule has 0 aliphatic carbocycles. The monoisotopic (exact) mass is 367 g/mol. The summed E-state index contributed by atoms with van der Waals surface area (Å²) in [7, 11) is -3.17. The van der Waals surface area contributed by atoms with E-state index in [0.717, 1.165) is 0 Å². The Balaban J connectivity index is 1.84. The normalized spacial score (nSPS) is 16.9. The minimum absolute atomic E-state index is 0.134. The fourth-order valence-corrected chi connectivity index (χ4v) is 3.77. The van der Waals surface area contributed by atoms with Crippen molar-refractivity contribution in [2.24, 2.45) is 0 Å². The summed E-state index contributed by atoms with van der Waals surface area (Å²) in [6.45, 7) is 3.16. The zero-order chi connectivity index (χ0) is 18.0. The zero-order valence-electron chi connectivity index (χ0n) is 14.2. The van der Waals surface area contributed by atoms with E-state index in [0.29, 0.717) is 54.9 Å². The number of nitrogens with zero attached hydrogens (tertiary/aromatic N) is 2. The molecule has 136 valence electrons. The Bertz CT molecular complexity index is 917. The van der Waals surface area contributed by atoms with E-state index in [-0.39, 0.29) is 11.7 Å². The SMILES string of the molecule is CCOc1cc2nc[nH]c(=O)c2cc1OC1CCN(S(C)(=O)=O)CC1. The molecule has 1 N–H and O–H groups in total. The van der Waals surface area contributed by atoms with Gasteiger partial charge in [0, 0.05) is 19.2 Å². The molecule has 0 bridgehead atoms. The largest absolute Gasteiger partial charge is 0.490 e. The molecule has 9 heteroatoms. The van der Waals surface area contributed by atoms with Crippen LogP contribution in [0, 0.1) is 0 Å². The van der Waals surface area contributed by atoms with Gasteiger partial charge in [0.1, 0.15) is 6.10 Å². The highest BCUT2D eigenvalue weighted by Crippen LogP contribution is 2.33. The van der Waals surface area contributed by atoms with Crippen LogP contribution < -0.4 is 15.0 Å². The number of sulfonamides is 1. The molecule has 1 fully saturated rings. The maximum Gasteiger partial charge on any atom is 0.258 e. The van der Waals surface area contributed by atoms with Crippen LogP contribution in [0.25, 0.3) is 10.9 Å². The average Bonchev–Trinajstić information content (AvgIpc) is 2.56. The van der Waals surface area contributed by atoms with E-state index in [9.17, 15) is 13.2 Å². The van der Waals surface area contributed by atoms with E-state index in [1.165, 1.54) is 16.9 Å². The van der Waals surface area contributed by atoms with Gasteiger partial charge in [-0.3, -0.25) is 4.79 Å². The minimum Gasteiger partial charge on any atom is -0.490 e. The molecule has 8 nitrogen and oxygen atoms in total. The molecule has 0 saturated carbocycles. The molecule has 0 atom stereocenters. The van der Waals surface area contributed by atoms with E-state index in [1.54, 1.807) is 12.1 Å². The van der Waals surface area contributed by atoms with E-state index in [2.05, 4.69) is 9.97 Å². The molecule has 0 spiro atoms. The van der Waals surface area contributed by atoms with Crippen LogP contribution >= 0.6 is 0 Å². The molecule has 2 aromatic rings. The molecule has 25 heavy (non-hydrogen) atoms. The van der Waals surface area contributed by atoms with Crippen LogP contribution in [-0.2, 0) is 10.0 Å². The minimum atomic E-state index is -3.17. The van der Waals surface area contributed by atoms with Crippen molar-refractivity contribution in [3.63, 3.8) is 0 Å². The number of nitrogens with one attached hydrogen (secondary N) is 1. The van der Waals surface area contributed by atoms with E-state index in [1.807, 2.05) is 6.92 Å². The fraction of sp³-hybridized carbons (Fsp3) is 0.500. The smallest absolute Gasteiger partial charge is 0.258 e. The number of H-pyrrole nitrogens is 1. The first-order valence-corrected chi connectivity index (χ1v) is 9.99. The highest BCUT2D eigenvalue weighted by molar-refractivity contribution is 7.88. The van der Waals surface area contributed by atoms with Crippen molar-refractivity contribution in [1.29, 1.82) is 0 Å². The summed E-state index contributed by atoms with van der Waals surface area (Å²) in [5.41, 5.74) is 0.288.